The summed E-state index contributed by atoms with van der Waals surface area (Å²) in [5.74, 6) is 0.227. The molecule has 1 rings (SSSR count). The first-order valence-corrected chi connectivity index (χ1v) is 5.70. The fourth-order valence-corrected chi connectivity index (χ4v) is 2.43. The quantitative estimate of drug-likeness (QED) is 0.666. The number of carbonyl (C=O) groups excluding carboxylic acids is 1. The predicted molar refractivity (Wildman–Crippen MR) is 61.9 cm³/mol. The summed E-state index contributed by atoms with van der Waals surface area (Å²) in [5.41, 5.74) is -0.344. The summed E-state index contributed by atoms with van der Waals surface area (Å²) in [6.07, 6.45) is 5.85. The van der Waals surface area contributed by atoms with Gasteiger partial charge in [-0.05, 0) is 40.0 Å². The van der Waals surface area contributed by atoms with Crippen LogP contribution in [0.25, 0.3) is 0 Å². The first-order chi connectivity index (χ1) is 6.87. The molecule has 0 aromatic rings. The third-order valence-corrected chi connectivity index (χ3v) is 2.95. The minimum atomic E-state index is -0.262. The van der Waals surface area contributed by atoms with Crippen molar-refractivity contribution in [3.63, 3.8) is 0 Å². The number of rotatable bonds is 4. The molecule has 0 radical (unpaired) electrons. The maximum Gasteiger partial charge on any atom is 0.139 e. The van der Waals surface area contributed by atoms with E-state index >= 15 is 0 Å². The van der Waals surface area contributed by atoms with Crippen molar-refractivity contribution in [1.82, 2.24) is 0 Å². The number of ether oxygens (including phenoxy) is 1. The van der Waals surface area contributed by atoms with E-state index in [4.69, 9.17) is 4.74 Å². The largest absolute Gasteiger partial charge is 0.369 e. The van der Waals surface area contributed by atoms with Crippen molar-refractivity contribution in [1.29, 1.82) is 0 Å². The lowest BCUT2D eigenvalue weighted by Crippen LogP contribution is -2.44. The van der Waals surface area contributed by atoms with Crippen molar-refractivity contribution in [3.05, 3.63) is 12.7 Å². The summed E-state index contributed by atoms with van der Waals surface area (Å²) in [5, 5.41) is 0. The number of ketones is 1. The molecular formula is C13H22O2. The molecule has 0 saturated carbocycles. The number of Topliss-reactive ketones (excluding diaryl/α,β-unsaturated/α-hetero) is 1. The third-order valence-electron chi connectivity index (χ3n) is 2.95. The summed E-state index contributed by atoms with van der Waals surface area (Å²) in [6, 6.07) is 0. The van der Waals surface area contributed by atoms with E-state index in [2.05, 4.69) is 27.4 Å². The van der Waals surface area contributed by atoms with Gasteiger partial charge in [-0.3, -0.25) is 4.79 Å². The normalized spacial score (nSPS) is 29.8. The van der Waals surface area contributed by atoms with Gasteiger partial charge in [-0.1, -0.05) is 6.08 Å². The lowest BCUT2D eigenvalue weighted by atomic mass is 9.84. The lowest BCUT2D eigenvalue weighted by Gasteiger charge is -2.43. The first-order valence-electron chi connectivity index (χ1n) is 5.70. The molecule has 86 valence electrons. The number of carbonyl (C=O) groups is 1. The van der Waals surface area contributed by atoms with E-state index in [1.54, 1.807) is 6.08 Å². The highest BCUT2D eigenvalue weighted by Gasteiger charge is 2.38. The van der Waals surface area contributed by atoms with Crippen LogP contribution in [0, 0.1) is 0 Å². The van der Waals surface area contributed by atoms with E-state index in [0.717, 1.165) is 19.3 Å². The van der Waals surface area contributed by atoms with Crippen LogP contribution in [0.2, 0.25) is 0 Å². The van der Waals surface area contributed by atoms with Crippen LogP contribution < -0.4 is 0 Å². The zero-order valence-corrected chi connectivity index (χ0v) is 10.1. The monoisotopic (exact) mass is 210 g/mol. The molecule has 1 heterocycles. The molecule has 0 aromatic heterocycles. The van der Waals surface area contributed by atoms with Crippen LogP contribution in [0.1, 0.15) is 52.9 Å². The number of hydrogen-bond acceptors (Lipinski definition) is 2. The third kappa shape index (κ3) is 3.78. The first kappa shape index (κ1) is 12.4. The molecule has 0 bridgehead atoms. The van der Waals surface area contributed by atoms with Gasteiger partial charge >= 0.3 is 0 Å². The Morgan fingerprint density at radius 3 is 2.60 bits per heavy atom. The number of allylic oxidation sites excluding steroid dienone is 1. The zero-order chi connectivity index (χ0) is 11.5. The highest BCUT2D eigenvalue weighted by Crippen LogP contribution is 2.37. The Labute approximate surface area is 92.7 Å². The summed E-state index contributed by atoms with van der Waals surface area (Å²) < 4.78 is 6.02. The fourth-order valence-electron chi connectivity index (χ4n) is 2.43. The smallest absolute Gasteiger partial charge is 0.139 e. The van der Waals surface area contributed by atoms with Gasteiger partial charge in [0.15, 0.2) is 0 Å². The van der Waals surface area contributed by atoms with Crippen molar-refractivity contribution in [2.45, 2.75) is 64.1 Å². The fraction of sp³-hybridized carbons (Fsp3) is 0.769. The Morgan fingerprint density at radius 2 is 2.07 bits per heavy atom. The van der Waals surface area contributed by atoms with E-state index in [1.807, 2.05) is 0 Å². The maximum atomic E-state index is 11.6. The van der Waals surface area contributed by atoms with E-state index in [9.17, 15) is 4.79 Å². The minimum absolute atomic E-state index is 0.0819. The second-order valence-electron chi connectivity index (χ2n) is 5.37. The van der Waals surface area contributed by atoms with Crippen molar-refractivity contribution in [3.8, 4) is 0 Å². The summed E-state index contributed by atoms with van der Waals surface area (Å²) in [6.45, 7) is 9.83. The van der Waals surface area contributed by atoms with E-state index in [1.165, 1.54) is 0 Å². The second kappa shape index (κ2) is 4.48. The Kier molecular flexibility index (Phi) is 3.72. The highest BCUT2D eigenvalue weighted by atomic mass is 16.5. The minimum Gasteiger partial charge on any atom is -0.369 e. The van der Waals surface area contributed by atoms with Crippen LogP contribution in [-0.4, -0.2) is 17.0 Å². The van der Waals surface area contributed by atoms with Gasteiger partial charge in [-0.2, -0.15) is 0 Å². The van der Waals surface area contributed by atoms with Crippen LogP contribution >= 0.6 is 0 Å². The molecule has 1 saturated heterocycles. The van der Waals surface area contributed by atoms with Crippen LogP contribution in [0.15, 0.2) is 12.7 Å². The molecule has 1 atom stereocenters. The Morgan fingerprint density at radius 1 is 1.40 bits per heavy atom. The molecule has 1 unspecified atom stereocenters. The maximum absolute atomic E-state index is 11.6. The van der Waals surface area contributed by atoms with Crippen LogP contribution in [-0.2, 0) is 9.53 Å². The molecule has 0 amide bonds. The molecule has 1 aliphatic rings. The van der Waals surface area contributed by atoms with Crippen molar-refractivity contribution in [2.75, 3.05) is 0 Å². The van der Waals surface area contributed by atoms with Crippen molar-refractivity contribution in [2.24, 2.45) is 0 Å². The van der Waals surface area contributed by atoms with Crippen LogP contribution in [0.5, 0.6) is 0 Å². The summed E-state index contributed by atoms with van der Waals surface area (Å²) in [4.78, 5) is 11.6. The molecule has 0 aromatic carbocycles. The standard InChI is InChI=1S/C13H22O2/c1-5-7-11(14)10-13(4)9-6-8-12(2,3)15-13/h5H,1,6-10H2,2-4H3. The van der Waals surface area contributed by atoms with Crippen molar-refractivity contribution >= 4 is 5.78 Å². The van der Waals surface area contributed by atoms with Crippen molar-refractivity contribution < 1.29 is 9.53 Å². The zero-order valence-electron chi connectivity index (χ0n) is 10.1. The van der Waals surface area contributed by atoms with Crippen LogP contribution in [0.4, 0.5) is 0 Å². The molecule has 0 aliphatic carbocycles. The van der Waals surface area contributed by atoms with Gasteiger partial charge in [0.05, 0.1) is 11.2 Å². The molecule has 1 aliphatic heterocycles. The van der Waals surface area contributed by atoms with E-state index < -0.39 is 0 Å². The molecule has 1 fully saturated rings. The van der Waals surface area contributed by atoms with Gasteiger partial charge in [0.2, 0.25) is 0 Å². The van der Waals surface area contributed by atoms with Gasteiger partial charge in [0.25, 0.3) is 0 Å². The Hall–Kier alpha value is -0.630. The second-order valence-corrected chi connectivity index (χ2v) is 5.37. The molecule has 2 heteroatoms. The SMILES string of the molecule is C=CCC(=O)CC1(C)CCCC(C)(C)O1. The van der Waals surface area contributed by atoms with Gasteiger partial charge in [0.1, 0.15) is 5.78 Å². The summed E-state index contributed by atoms with van der Waals surface area (Å²) in [7, 11) is 0. The lowest BCUT2D eigenvalue weighted by molar-refractivity contribution is -0.171. The molecule has 0 N–H and O–H groups in total. The van der Waals surface area contributed by atoms with Gasteiger partial charge in [-0.15, -0.1) is 6.58 Å². The molecule has 0 spiro atoms. The van der Waals surface area contributed by atoms with Crippen LogP contribution in [0.3, 0.4) is 0 Å². The number of hydrogen-bond donors (Lipinski definition) is 0. The average molecular weight is 210 g/mol. The molecule has 2 nitrogen and oxygen atoms in total. The van der Waals surface area contributed by atoms with Gasteiger partial charge in [-0.25, -0.2) is 0 Å². The van der Waals surface area contributed by atoms with E-state index in [0.29, 0.717) is 12.8 Å². The Balaban J connectivity index is 2.58. The van der Waals surface area contributed by atoms with Gasteiger partial charge in [0, 0.05) is 12.8 Å². The molecule has 15 heavy (non-hydrogen) atoms. The average Bonchev–Trinajstić information content (AvgIpc) is 1.99. The predicted octanol–water partition coefficient (Wildman–Crippen LogP) is 3.26. The highest BCUT2D eigenvalue weighted by molar-refractivity contribution is 5.80. The summed E-state index contributed by atoms with van der Waals surface area (Å²) >= 11 is 0. The van der Waals surface area contributed by atoms with E-state index in [-0.39, 0.29) is 17.0 Å². The topological polar surface area (TPSA) is 26.3 Å². The molecular weight excluding hydrogens is 188 g/mol. The Bertz CT molecular complexity index is 255. The van der Waals surface area contributed by atoms with Gasteiger partial charge < -0.3 is 4.74 Å².